The molecule has 5 rings (SSSR count). The summed E-state index contributed by atoms with van der Waals surface area (Å²) in [6, 6.07) is 6.64. The molecule has 0 radical (unpaired) electrons. The second kappa shape index (κ2) is 8.03. The van der Waals surface area contributed by atoms with Gasteiger partial charge in [0.15, 0.2) is 0 Å². The van der Waals surface area contributed by atoms with E-state index in [9.17, 15) is 4.39 Å². The van der Waals surface area contributed by atoms with Gasteiger partial charge in [0.1, 0.15) is 11.6 Å². The monoisotopic (exact) mass is 391 g/mol. The number of fused-ring (bicyclic) bond motifs is 1. The summed E-state index contributed by atoms with van der Waals surface area (Å²) in [7, 11) is 0. The molecule has 2 aliphatic rings. The number of hydrogen-bond acceptors (Lipinski definition) is 4. The summed E-state index contributed by atoms with van der Waals surface area (Å²) < 4.78 is 13.6. The third kappa shape index (κ3) is 3.94. The van der Waals surface area contributed by atoms with Crippen LogP contribution >= 0.6 is 0 Å². The molecule has 0 saturated heterocycles. The van der Waals surface area contributed by atoms with Gasteiger partial charge >= 0.3 is 0 Å². The number of nitrogens with one attached hydrogen (secondary N) is 1. The molecule has 0 bridgehead atoms. The summed E-state index contributed by atoms with van der Waals surface area (Å²) in [6.45, 7) is 2.57. The van der Waals surface area contributed by atoms with Crippen LogP contribution in [0.1, 0.15) is 60.7 Å². The highest BCUT2D eigenvalue weighted by atomic mass is 19.1. The predicted molar refractivity (Wildman–Crippen MR) is 110 cm³/mol. The van der Waals surface area contributed by atoms with Crippen molar-refractivity contribution in [1.82, 2.24) is 25.1 Å². The van der Waals surface area contributed by atoms with E-state index in [0.29, 0.717) is 5.92 Å². The number of H-pyrrole nitrogens is 1. The van der Waals surface area contributed by atoms with Crippen LogP contribution in [0.2, 0.25) is 0 Å². The lowest BCUT2D eigenvalue weighted by Gasteiger charge is -2.29. The van der Waals surface area contributed by atoms with Crippen LogP contribution in [-0.2, 0) is 19.5 Å². The molecule has 6 heteroatoms. The van der Waals surface area contributed by atoms with Gasteiger partial charge in [-0.1, -0.05) is 31.4 Å². The Morgan fingerprint density at radius 3 is 2.90 bits per heavy atom. The first-order chi connectivity index (χ1) is 14.3. The van der Waals surface area contributed by atoms with Crippen LogP contribution in [0.4, 0.5) is 4.39 Å². The van der Waals surface area contributed by atoms with Crippen LogP contribution in [0, 0.1) is 5.82 Å². The fraction of sp³-hybridized carbons (Fsp3) is 0.435. The van der Waals surface area contributed by atoms with Crippen molar-refractivity contribution in [2.75, 3.05) is 6.54 Å². The molecule has 0 spiro atoms. The first kappa shape index (κ1) is 18.4. The number of benzene rings is 1. The van der Waals surface area contributed by atoms with Crippen LogP contribution < -0.4 is 0 Å². The van der Waals surface area contributed by atoms with E-state index in [0.717, 1.165) is 48.7 Å². The maximum Gasteiger partial charge on any atom is 0.131 e. The Bertz CT molecular complexity index is 992. The Balaban J connectivity index is 1.30. The molecule has 1 saturated carbocycles. The largest absolute Gasteiger partial charge is 0.294 e. The quantitative estimate of drug-likeness (QED) is 0.705. The van der Waals surface area contributed by atoms with Gasteiger partial charge in [-0.2, -0.15) is 5.10 Å². The smallest absolute Gasteiger partial charge is 0.131 e. The number of aromatic amines is 1. The van der Waals surface area contributed by atoms with Gasteiger partial charge in [-0.15, -0.1) is 0 Å². The zero-order valence-electron chi connectivity index (χ0n) is 16.6. The average molecular weight is 391 g/mol. The van der Waals surface area contributed by atoms with Gasteiger partial charge in [0.25, 0.3) is 0 Å². The Hall–Kier alpha value is -2.60. The Kier molecular flexibility index (Phi) is 5.10. The molecule has 1 aliphatic heterocycles. The van der Waals surface area contributed by atoms with Crippen molar-refractivity contribution in [3.8, 4) is 11.3 Å². The third-order valence-corrected chi connectivity index (χ3v) is 6.23. The van der Waals surface area contributed by atoms with Crippen LogP contribution in [0.25, 0.3) is 11.3 Å². The summed E-state index contributed by atoms with van der Waals surface area (Å²) in [5, 5.41) is 7.24. The molecule has 0 atom stereocenters. The van der Waals surface area contributed by atoms with E-state index in [4.69, 9.17) is 9.97 Å². The molecule has 3 aromatic rings. The van der Waals surface area contributed by atoms with Crippen LogP contribution in [0.5, 0.6) is 0 Å². The molecule has 5 nitrogen and oxygen atoms in total. The summed E-state index contributed by atoms with van der Waals surface area (Å²) in [6.07, 6.45) is 11.3. The summed E-state index contributed by atoms with van der Waals surface area (Å²) in [4.78, 5) is 12.1. The van der Waals surface area contributed by atoms with Gasteiger partial charge < -0.3 is 0 Å². The zero-order valence-corrected chi connectivity index (χ0v) is 16.6. The highest BCUT2D eigenvalue weighted by molar-refractivity contribution is 5.62. The second-order valence-corrected chi connectivity index (χ2v) is 8.28. The Labute approximate surface area is 170 Å². The Morgan fingerprint density at radius 1 is 1.14 bits per heavy atom. The van der Waals surface area contributed by atoms with Gasteiger partial charge in [-0.25, -0.2) is 14.4 Å². The Morgan fingerprint density at radius 2 is 2.03 bits per heavy atom. The minimum atomic E-state index is -0.235. The SMILES string of the molecule is Fc1cccc(-c2[nH]ncc2CN2CCc3nc(C4CCCCC4)ncc3C2)c1. The van der Waals surface area contributed by atoms with Crippen molar-refractivity contribution in [3.05, 3.63) is 65.1 Å². The standard InChI is InChI=1S/C23H26FN5/c24-20-8-4-7-17(11-20)22-19(13-26-28-22)15-29-10-9-21-18(14-29)12-25-23(27-21)16-5-2-1-3-6-16/h4,7-8,11-13,16H,1-3,5-6,9-10,14-15H2,(H,26,28). The first-order valence-electron chi connectivity index (χ1n) is 10.6. The molecule has 29 heavy (non-hydrogen) atoms. The summed E-state index contributed by atoms with van der Waals surface area (Å²) >= 11 is 0. The third-order valence-electron chi connectivity index (χ3n) is 6.23. The first-order valence-corrected chi connectivity index (χ1v) is 10.6. The highest BCUT2D eigenvalue weighted by Gasteiger charge is 2.23. The van der Waals surface area contributed by atoms with Gasteiger partial charge in [-0.05, 0) is 25.0 Å². The van der Waals surface area contributed by atoms with Gasteiger partial charge in [0.2, 0.25) is 0 Å². The van der Waals surface area contributed by atoms with Crippen molar-refractivity contribution < 1.29 is 4.39 Å². The van der Waals surface area contributed by atoms with Crippen molar-refractivity contribution in [2.24, 2.45) is 0 Å². The average Bonchev–Trinajstić information content (AvgIpc) is 3.22. The normalized spacial score (nSPS) is 18.0. The molecule has 1 aromatic carbocycles. The molecule has 150 valence electrons. The number of halogens is 1. The maximum atomic E-state index is 13.6. The minimum Gasteiger partial charge on any atom is -0.294 e. The fourth-order valence-electron chi connectivity index (χ4n) is 4.65. The molecular weight excluding hydrogens is 365 g/mol. The van der Waals surface area contributed by atoms with E-state index in [2.05, 4.69) is 15.1 Å². The van der Waals surface area contributed by atoms with E-state index in [1.165, 1.54) is 49.4 Å². The number of rotatable bonds is 4. The highest BCUT2D eigenvalue weighted by Crippen LogP contribution is 2.31. The van der Waals surface area contributed by atoms with E-state index in [1.54, 1.807) is 12.1 Å². The van der Waals surface area contributed by atoms with Crippen molar-refractivity contribution in [2.45, 2.75) is 57.5 Å². The molecular formula is C23H26FN5. The maximum absolute atomic E-state index is 13.6. The van der Waals surface area contributed by atoms with Crippen molar-refractivity contribution in [1.29, 1.82) is 0 Å². The minimum absolute atomic E-state index is 0.235. The topological polar surface area (TPSA) is 57.7 Å². The molecule has 0 amide bonds. The fourth-order valence-corrected chi connectivity index (χ4v) is 4.65. The van der Waals surface area contributed by atoms with E-state index in [1.807, 2.05) is 18.5 Å². The van der Waals surface area contributed by atoms with E-state index in [-0.39, 0.29) is 5.82 Å². The summed E-state index contributed by atoms with van der Waals surface area (Å²) in [5.74, 6) is 1.37. The molecule has 0 unspecified atom stereocenters. The van der Waals surface area contributed by atoms with Crippen molar-refractivity contribution in [3.63, 3.8) is 0 Å². The van der Waals surface area contributed by atoms with Gasteiger partial charge in [-0.3, -0.25) is 10.00 Å². The number of hydrogen-bond donors (Lipinski definition) is 1. The lowest BCUT2D eigenvalue weighted by atomic mass is 9.88. The molecule has 1 N–H and O–H groups in total. The number of nitrogens with zero attached hydrogens (tertiary/aromatic N) is 4. The second-order valence-electron chi connectivity index (χ2n) is 8.28. The van der Waals surface area contributed by atoms with Gasteiger partial charge in [0.05, 0.1) is 11.9 Å². The lowest BCUT2D eigenvalue weighted by Crippen LogP contribution is -2.31. The summed E-state index contributed by atoms with van der Waals surface area (Å²) in [5.41, 5.74) is 5.24. The molecule has 2 aromatic heterocycles. The van der Waals surface area contributed by atoms with Crippen LogP contribution in [-0.4, -0.2) is 31.6 Å². The molecule has 3 heterocycles. The number of aromatic nitrogens is 4. The zero-order chi connectivity index (χ0) is 19.6. The predicted octanol–water partition coefficient (Wildman–Crippen LogP) is 4.61. The molecule has 1 aliphatic carbocycles. The lowest BCUT2D eigenvalue weighted by molar-refractivity contribution is 0.242. The van der Waals surface area contributed by atoms with Crippen LogP contribution in [0.15, 0.2) is 36.7 Å². The van der Waals surface area contributed by atoms with Crippen LogP contribution in [0.3, 0.4) is 0 Å². The van der Waals surface area contributed by atoms with Crippen molar-refractivity contribution >= 4 is 0 Å². The van der Waals surface area contributed by atoms with E-state index >= 15 is 0 Å². The molecule has 1 fully saturated rings. The van der Waals surface area contributed by atoms with E-state index < -0.39 is 0 Å². The van der Waals surface area contributed by atoms with Gasteiger partial charge in [0, 0.05) is 60.6 Å².